The predicted molar refractivity (Wildman–Crippen MR) is 51.8 cm³/mol. The first-order chi connectivity index (χ1) is 6.81. The van der Waals surface area contributed by atoms with Crippen LogP contribution >= 0.6 is 0 Å². The van der Waals surface area contributed by atoms with E-state index in [0.717, 1.165) is 30.8 Å². The van der Waals surface area contributed by atoms with E-state index >= 15 is 0 Å². The predicted octanol–water partition coefficient (Wildman–Crippen LogP) is 0.940. The zero-order chi connectivity index (χ0) is 9.97. The van der Waals surface area contributed by atoms with E-state index in [-0.39, 0.29) is 6.61 Å². The first kappa shape index (κ1) is 9.68. The molecule has 0 amide bonds. The van der Waals surface area contributed by atoms with Crippen molar-refractivity contribution in [3.05, 3.63) is 17.5 Å². The van der Waals surface area contributed by atoms with E-state index in [4.69, 9.17) is 9.63 Å². The van der Waals surface area contributed by atoms with Crippen LogP contribution in [-0.2, 0) is 6.54 Å². The minimum atomic E-state index is 0.254. The van der Waals surface area contributed by atoms with Crippen molar-refractivity contribution in [2.75, 3.05) is 13.2 Å². The average molecular weight is 196 g/mol. The number of aliphatic hydroxyl groups excluding tert-OH is 1. The molecule has 0 radical (unpaired) electrons. The van der Waals surface area contributed by atoms with Gasteiger partial charge in [-0.15, -0.1) is 0 Å². The highest BCUT2D eigenvalue weighted by Gasteiger charge is 2.24. The molecule has 0 aromatic carbocycles. The molecule has 78 valence electrons. The molecule has 1 saturated heterocycles. The van der Waals surface area contributed by atoms with E-state index in [1.165, 1.54) is 6.42 Å². The van der Waals surface area contributed by atoms with Crippen molar-refractivity contribution in [2.24, 2.45) is 0 Å². The van der Waals surface area contributed by atoms with Crippen molar-refractivity contribution in [2.45, 2.75) is 32.4 Å². The van der Waals surface area contributed by atoms with Gasteiger partial charge < -0.3 is 9.63 Å². The monoisotopic (exact) mass is 196 g/mol. The van der Waals surface area contributed by atoms with Crippen molar-refractivity contribution in [1.82, 2.24) is 10.1 Å². The number of aromatic nitrogens is 1. The van der Waals surface area contributed by atoms with Crippen LogP contribution in [0, 0.1) is 6.92 Å². The Morgan fingerprint density at radius 3 is 3.21 bits per heavy atom. The molecule has 1 aromatic rings. The zero-order valence-electron chi connectivity index (χ0n) is 8.44. The average Bonchev–Trinajstić information content (AvgIpc) is 2.77. The third-order valence-electron chi connectivity index (χ3n) is 2.93. The molecule has 14 heavy (non-hydrogen) atoms. The molecule has 2 heterocycles. The molecule has 1 unspecified atom stereocenters. The highest BCUT2D eigenvalue weighted by molar-refractivity contribution is 5.12. The lowest BCUT2D eigenvalue weighted by molar-refractivity contribution is 0.153. The number of likely N-dealkylation sites (tertiary alicyclic amines) is 1. The molecule has 0 saturated carbocycles. The summed E-state index contributed by atoms with van der Waals surface area (Å²) in [6.07, 6.45) is 3.97. The number of aliphatic hydroxyl groups is 1. The molecule has 1 aliphatic rings. The molecule has 1 N–H and O–H groups in total. The van der Waals surface area contributed by atoms with Gasteiger partial charge in [-0.3, -0.25) is 4.90 Å². The summed E-state index contributed by atoms with van der Waals surface area (Å²) in [6.45, 7) is 4.11. The van der Waals surface area contributed by atoms with Gasteiger partial charge in [0.1, 0.15) is 6.26 Å². The minimum Gasteiger partial charge on any atom is -0.395 e. The van der Waals surface area contributed by atoms with Crippen molar-refractivity contribution in [3.8, 4) is 0 Å². The molecule has 4 heteroatoms. The van der Waals surface area contributed by atoms with Gasteiger partial charge in [-0.2, -0.15) is 0 Å². The van der Waals surface area contributed by atoms with Crippen molar-refractivity contribution in [3.63, 3.8) is 0 Å². The molecule has 1 atom stereocenters. The summed E-state index contributed by atoms with van der Waals surface area (Å²) in [6, 6.07) is 0.323. The van der Waals surface area contributed by atoms with E-state index in [9.17, 15) is 0 Å². The van der Waals surface area contributed by atoms with Crippen LogP contribution in [0.15, 0.2) is 10.8 Å². The van der Waals surface area contributed by atoms with Crippen LogP contribution in [0.5, 0.6) is 0 Å². The molecule has 1 aromatic heterocycles. The summed E-state index contributed by atoms with van der Waals surface area (Å²) in [5.74, 6) is 0. The third-order valence-corrected chi connectivity index (χ3v) is 2.93. The van der Waals surface area contributed by atoms with Crippen LogP contribution in [0.1, 0.15) is 24.1 Å². The summed E-state index contributed by atoms with van der Waals surface area (Å²) in [4.78, 5) is 2.29. The van der Waals surface area contributed by atoms with E-state index in [1.807, 2.05) is 6.92 Å². The van der Waals surface area contributed by atoms with Crippen molar-refractivity contribution in [1.29, 1.82) is 0 Å². The number of rotatable bonds is 3. The van der Waals surface area contributed by atoms with Gasteiger partial charge >= 0.3 is 0 Å². The van der Waals surface area contributed by atoms with Gasteiger partial charge in [0, 0.05) is 18.2 Å². The van der Waals surface area contributed by atoms with E-state index in [1.54, 1.807) is 6.26 Å². The standard InChI is InChI=1S/C10H16N2O2/c1-8-9(7-14-11-8)5-12-4-2-3-10(12)6-13/h7,10,13H,2-6H2,1H3. The molecule has 1 aliphatic heterocycles. The van der Waals surface area contributed by atoms with E-state index in [0.29, 0.717) is 6.04 Å². The zero-order valence-corrected chi connectivity index (χ0v) is 8.44. The highest BCUT2D eigenvalue weighted by Crippen LogP contribution is 2.20. The van der Waals surface area contributed by atoms with Crippen LogP contribution in [0.2, 0.25) is 0 Å². The molecule has 4 nitrogen and oxygen atoms in total. The van der Waals surface area contributed by atoms with Crippen LogP contribution < -0.4 is 0 Å². The Labute approximate surface area is 83.5 Å². The Balaban J connectivity index is 2.00. The molecule has 0 bridgehead atoms. The molecule has 0 spiro atoms. The van der Waals surface area contributed by atoms with Gasteiger partial charge in [-0.1, -0.05) is 5.16 Å². The Kier molecular flexibility index (Phi) is 2.84. The second-order valence-electron chi connectivity index (χ2n) is 3.87. The lowest BCUT2D eigenvalue weighted by atomic mass is 10.2. The van der Waals surface area contributed by atoms with Gasteiger partial charge in [-0.25, -0.2) is 0 Å². The van der Waals surface area contributed by atoms with Gasteiger partial charge in [-0.05, 0) is 26.3 Å². The molecule has 1 fully saturated rings. The quantitative estimate of drug-likeness (QED) is 0.781. The summed E-state index contributed by atoms with van der Waals surface area (Å²) in [5.41, 5.74) is 2.08. The van der Waals surface area contributed by atoms with Crippen LogP contribution in [0.3, 0.4) is 0 Å². The first-order valence-electron chi connectivity index (χ1n) is 5.06. The van der Waals surface area contributed by atoms with Gasteiger partial charge in [0.05, 0.1) is 12.3 Å². The van der Waals surface area contributed by atoms with Gasteiger partial charge in [0.15, 0.2) is 0 Å². The Hall–Kier alpha value is -0.870. The van der Waals surface area contributed by atoms with Crippen LogP contribution in [0.25, 0.3) is 0 Å². The molecule has 0 aliphatic carbocycles. The number of hydrogen-bond donors (Lipinski definition) is 1. The Bertz CT molecular complexity index is 298. The first-order valence-corrected chi connectivity index (χ1v) is 5.06. The summed E-state index contributed by atoms with van der Waals surface area (Å²) in [5, 5.41) is 13.0. The maximum absolute atomic E-state index is 9.15. The third kappa shape index (κ3) is 1.81. The molecular formula is C10H16N2O2. The van der Waals surface area contributed by atoms with E-state index in [2.05, 4.69) is 10.1 Å². The minimum absolute atomic E-state index is 0.254. The summed E-state index contributed by atoms with van der Waals surface area (Å²) in [7, 11) is 0. The number of hydrogen-bond acceptors (Lipinski definition) is 4. The van der Waals surface area contributed by atoms with E-state index < -0.39 is 0 Å². The fourth-order valence-corrected chi connectivity index (χ4v) is 1.99. The maximum Gasteiger partial charge on any atom is 0.128 e. The maximum atomic E-state index is 9.15. The fraction of sp³-hybridized carbons (Fsp3) is 0.700. The summed E-state index contributed by atoms with van der Waals surface area (Å²) < 4.78 is 4.89. The SMILES string of the molecule is Cc1nocc1CN1CCCC1CO. The lowest BCUT2D eigenvalue weighted by Gasteiger charge is -2.21. The molecular weight excluding hydrogens is 180 g/mol. The summed E-state index contributed by atoms with van der Waals surface area (Å²) >= 11 is 0. The van der Waals surface area contributed by atoms with Crippen molar-refractivity contribution < 1.29 is 9.63 Å². The Morgan fingerprint density at radius 2 is 2.57 bits per heavy atom. The smallest absolute Gasteiger partial charge is 0.128 e. The second-order valence-corrected chi connectivity index (χ2v) is 3.87. The highest BCUT2D eigenvalue weighted by atomic mass is 16.5. The number of aryl methyl sites for hydroxylation is 1. The normalized spacial score (nSPS) is 23.1. The Morgan fingerprint density at radius 1 is 1.71 bits per heavy atom. The fourth-order valence-electron chi connectivity index (χ4n) is 1.99. The van der Waals surface area contributed by atoms with Crippen LogP contribution in [0.4, 0.5) is 0 Å². The molecule has 2 rings (SSSR count). The van der Waals surface area contributed by atoms with Crippen molar-refractivity contribution >= 4 is 0 Å². The largest absolute Gasteiger partial charge is 0.395 e. The van der Waals surface area contributed by atoms with Gasteiger partial charge in [0.2, 0.25) is 0 Å². The second kappa shape index (κ2) is 4.11. The number of nitrogens with zero attached hydrogens (tertiary/aromatic N) is 2. The topological polar surface area (TPSA) is 49.5 Å². The van der Waals surface area contributed by atoms with Crippen LogP contribution in [-0.4, -0.2) is 34.4 Å². The lowest BCUT2D eigenvalue weighted by Crippen LogP contribution is -2.31. The van der Waals surface area contributed by atoms with Gasteiger partial charge in [0.25, 0.3) is 0 Å².